The number of nitrogens with one attached hydrogen (secondary N) is 1. The molecule has 1 aliphatic rings. The quantitative estimate of drug-likeness (QED) is 0.683. The monoisotopic (exact) mass is 290 g/mol. The third kappa shape index (κ3) is 3.01. The fourth-order valence-electron chi connectivity index (χ4n) is 2.08. The molecule has 20 heavy (non-hydrogen) atoms. The first-order chi connectivity index (χ1) is 9.31. The topological polar surface area (TPSA) is 64.4 Å². The number of nitro benzene ring substituents is 1. The summed E-state index contributed by atoms with van der Waals surface area (Å²) < 4.78 is 42.7. The number of alkyl halides is 3. The van der Waals surface area contributed by atoms with Gasteiger partial charge in [0.25, 0.3) is 5.69 Å². The summed E-state index contributed by atoms with van der Waals surface area (Å²) in [5, 5.41) is 13.8. The van der Waals surface area contributed by atoms with Gasteiger partial charge in [-0.1, -0.05) is 0 Å². The van der Waals surface area contributed by atoms with Crippen LogP contribution in [0.15, 0.2) is 18.2 Å². The first-order valence-electron chi connectivity index (χ1n) is 5.96. The van der Waals surface area contributed by atoms with Gasteiger partial charge in [0.05, 0.1) is 16.6 Å². The van der Waals surface area contributed by atoms with E-state index in [-0.39, 0.29) is 17.8 Å². The standard InChI is InChI=1S/C12H13F3N2O3/c1-20-9-5-8(6-9)16-10-3-2-7(12(13,14)15)4-11(10)17(18)19/h2-4,8-9,16H,5-6H2,1H3. The van der Waals surface area contributed by atoms with E-state index in [1.807, 2.05) is 0 Å². The SMILES string of the molecule is COC1CC(Nc2ccc(C(F)(F)F)cc2[N+](=O)[O-])C1. The minimum Gasteiger partial charge on any atom is -0.381 e. The number of rotatable bonds is 4. The number of hydrogen-bond acceptors (Lipinski definition) is 4. The van der Waals surface area contributed by atoms with Crippen molar-refractivity contribution in [2.24, 2.45) is 0 Å². The maximum Gasteiger partial charge on any atom is 0.416 e. The van der Waals surface area contributed by atoms with Gasteiger partial charge in [-0.25, -0.2) is 0 Å². The van der Waals surface area contributed by atoms with E-state index >= 15 is 0 Å². The van der Waals surface area contributed by atoms with Crippen molar-refractivity contribution in [3.05, 3.63) is 33.9 Å². The van der Waals surface area contributed by atoms with Crippen molar-refractivity contribution in [3.8, 4) is 0 Å². The molecular weight excluding hydrogens is 277 g/mol. The molecule has 1 N–H and O–H groups in total. The lowest BCUT2D eigenvalue weighted by Crippen LogP contribution is -2.40. The van der Waals surface area contributed by atoms with E-state index in [9.17, 15) is 23.3 Å². The minimum absolute atomic E-state index is 0.0182. The predicted octanol–water partition coefficient (Wildman–Crippen LogP) is 3.20. The highest BCUT2D eigenvalue weighted by molar-refractivity contribution is 5.63. The molecule has 0 unspecified atom stereocenters. The van der Waals surface area contributed by atoms with Crippen LogP contribution in [0, 0.1) is 10.1 Å². The number of nitrogens with zero attached hydrogens (tertiary/aromatic N) is 1. The van der Waals surface area contributed by atoms with E-state index in [0.717, 1.165) is 12.1 Å². The smallest absolute Gasteiger partial charge is 0.381 e. The lowest BCUT2D eigenvalue weighted by atomic mass is 9.89. The Bertz CT molecular complexity index is 513. The summed E-state index contributed by atoms with van der Waals surface area (Å²) in [7, 11) is 1.57. The summed E-state index contributed by atoms with van der Waals surface area (Å²) in [4.78, 5) is 10.1. The Morgan fingerprint density at radius 1 is 1.40 bits per heavy atom. The molecule has 0 atom stereocenters. The van der Waals surface area contributed by atoms with Gasteiger partial charge in [0.2, 0.25) is 0 Å². The van der Waals surface area contributed by atoms with Crippen molar-refractivity contribution < 1.29 is 22.8 Å². The zero-order chi connectivity index (χ0) is 14.9. The molecule has 0 aliphatic heterocycles. The molecule has 2 rings (SSSR count). The highest BCUT2D eigenvalue weighted by Gasteiger charge is 2.34. The first-order valence-corrected chi connectivity index (χ1v) is 5.96. The molecule has 0 amide bonds. The van der Waals surface area contributed by atoms with E-state index < -0.39 is 22.4 Å². The second kappa shape index (κ2) is 5.28. The summed E-state index contributed by atoms with van der Waals surface area (Å²) in [6.45, 7) is 0. The van der Waals surface area contributed by atoms with Gasteiger partial charge in [-0.2, -0.15) is 13.2 Å². The van der Waals surface area contributed by atoms with Crippen LogP contribution in [-0.2, 0) is 10.9 Å². The van der Waals surface area contributed by atoms with E-state index in [1.54, 1.807) is 7.11 Å². The molecule has 0 radical (unpaired) electrons. The summed E-state index contributed by atoms with van der Waals surface area (Å²) in [6.07, 6.45) is -3.15. The molecule has 1 aliphatic carbocycles. The zero-order valence-electron chi connectivity index (χ0n) is 10.6. The summed E-state index contributed by atoms with van der Waals surface area (Å²) in [5.74, 6) is 0. The molecule has 0 aromatic heterocycles. The molecule has 5 nitrogen and oxygen atoms in total. The van der Waals surface area contributed by atoms with Gasteiger partial charge in [-0.15, -0.1) is 0 Å². The van der Waals surface area contributed by atoms with Gasteiger partial charge < -0.3 is 10.1 Å². The van der Waals surface area contributed by atoms with Crippen LogP contribution in [-0.4, -0.2) is 24.2 Å². The molecule has 1 saturated carbocycles. The third-order valence-electron chi connectivity index (χ3n) is 3.31. The highest BCUT2D eigenvalue weighted by atomic mass is 19.4. The van der Waals surface area contributed by atoms with Crippen molar-refractivity contribution in [3.63, 3.8) is 0 Å². The zero-order valence-corrected chi connectivity index (χ0v) is 10.6. The summed E-state index contributed by atoms with van der Waals surface area (Å²) >= 11 is 0. The van der Waals surface area contributed by atoms with Crippen LogP contribution in [0.1, 0.15) is 18.4 Å². The van der Waals surface area contributed by atoms with Crippen LogP contribution >= 0.6 is 0 Å². The van der Waals surface area contributed by atoms with Crippen LogP contribution in [0.4, 0.5) is 24.5 Å². The Labute approximate surface area is 112 Å². The predicted molar refractivity (Wildman–Crippen MR) is 65.5 cm³/mol. The van der Waals surface area contributed by atoms with Gasteiger partial charge >= 0.3 is 6.18 Å². The molecule has 1 fully saturated rings. The van der Waals surface area contributed by atoms with Crippen LogP contribution in [0.5, 0.6) is 0 Å². The largest absolute Gasteiger partial charge is 0.416 e. The lowest BCUT2D eigenvalue weighted by molar-refractivity contribution is -0.384. The van der Waals surface area contributed by atoms with Crippen molar-refractivity contribution in [2.45, 2.75) is 31.2 Å². The van der Waals surface area contributed by atoms with Gasteiger partial charge in [-0.05, 0) is 25.0 Å². The fraction of sp³-hybridized carbons (Fsp3) is 0.500. The average Bonchev–Trinajstić information content (AvgIpc) is 2.31. The Balaban J connectivity index is 2.18. The second-order valence-corrected chi connectivity index (χ2v) is 4.66. The fourth-order valence-corrected chi connectivity index (χ4v) is 2.08. The second-order valence-electron chi connectivity index (χ2n) is 4.66. The van der Waals surface area contributed by atoms with Crippen molar-refractivity contribution in [1.29, 1.82) is 0 Å². The van der Waals surface area contributed by atoms with Crippen LogP contribution < -0.4 is 5.32 Å². The number of nitro groups is 1. The number of ether oxygens (including phenoxy) is 1. The van der Waals surface area contributed by atoms with Crippen LogP contribution in [0.3, 0.4) is 0 Å². The van der Waals surface area contributed by atoms with Crippen LogP contribution in [0.25, 0.3) is 0 Å². The van der Waals surface area contributed by atoms with E-state index in [2.05, 4.69) is 5.32 Å². The Kier molecular flexibility index (Phi) is 3.85. The maximum atomic E-state index is 12.5. The van der Waals surface area contributed by atoms with Gasteiger partial charge in [-0.3, -0.25) is 10.1 Å². The molecular formula is C12H13F3N2O3. The lowest BCUT2D eigenvalue weighted by Gasteiger charge is -2.35. The molecule has 0 saturated heterocycles. The van der Waals surface area contributed by atoms with Gasteiger partial charge in [0, 0.05) is 19.2 Å². The van der Waals surface area contributed by atoms with E-state index in [1.165, 1.54) is 0 Å². The van der Waals surface area contributed by atoms with Gasteiger partial charge in [0.1, 0.15) is 5.69 Å². The van der Waals surface area contributed by atoms with Crippen LogP contribution in [0.2, 0.25) is 0 Å². The minimum atomic E-state index is -4.60. The van der Waals surface area contributed by atoms with E-state index in [4.69, 9.17) is 4.74 Å². The van der Waals surface area contributed by atoms with Crippen molar-refractivity contribution >= 4 is 11.4 Å². The number of halogens is 3. The Morgan fingerprint density at radius 2 is 2.05 bits per heavy atom. The average molecular weight is 290 g/mol. The summed E-state index contributed by atoms with van der Waals surface area (Å²) in [5.41, 5.74) is -1.50. The van der Waals surface area contributed by atoms with E-state index in [0.29, 0.717) is 18.9 Å². The number of hydrogen-bond donors (Lipinski definition) is 1. The Morgan fingerprint density at radius 3 is 2.55 bits per heavy atom. The molecule has 1 aromatic rings. The molecule has 1 aromatic carbocycles. The first kappa shape index (κ1) is 14.6. The van der Waals surface area contributed by atoms with Crippen molar-refractivity contribution in [1.82, 2.24) is 0 Å². The molecule has 0 heterocycles. The van der Waals surface area contributed by atoms with Crippen molar-refractivity contribution in [2.75, 3.05) is 12.4 Å². The molecule has 8 heteroatoms. The van der Waals surface area contributed by atoms with Gasteiger partial charge in [0.15, 0.2) is 0 Å². The highest BCUT2D eigenvalue weighted by Crippen LogP contribution is 2.36. The Hall–Kier alpha value is -1.83. The number of benzene rings is 1. The molecule has 0 spiro atoms. The third-order valence-corrected chi connectivity index (χ3v) is 3.31. The molecule has 0 bridgehead atoms. The normalized spacial score (nSPS) is 22.2. The maximum absolute atomic E-state index is 12.5. The molecule has 110 valence electrons. The number of methoxy groups -OCH3 is 1. The summed E-state index contributed by atoms with van der Waals surface area (Å²) in [6, 6.07) is 2.47. The number of anilines is 1.